The van der Waals surface area contributed by atoms with Crippen molar-refractivity contribution in [3.05, 3.63) is 25.3 Å². The molecular weight excluding hydrogens is 206 g/mol. The molecular formula is C12H21NO3. The summed E-state index contributed by atoms with van der Waals surface area (Å²) in [5, 5.41) is 1.15. The first-order valence-electron chi connectivity index (χ1n) is 5.26. The van der Waals surface area contributed by atoms with E-state index in [-0.39, 0.29) is 0 Å². The number of nitrogens with zero attached hydrogens (tertiary/aromatic N) is 1. The highest BCUT2D eigenvalue weighted by Gasteiger charge is 2.21. The van der Waals surface area contributed by atoms with Crippen molar-refractivity contribution >= 4 is 6.09 Å². The second-order valence-corrected chi connectivity index (χ2v) is 4.24. The highest BCUT2D eigenvalue weighted by molar-refractivity contribution is 5.67. The zero-order chi connectivity index (χ0) is 12.6. The first-order valence-corrected chi connectivity index (χ1v) is 5.26. The largest absolute Gasteiger partial charge is 0.442 e. The summed E-state index contributed by atoms with van der Waals surface area (Å²) in [6.45, 7) is 13.2. The van der Waals surface area contributed by atoms with Gasteiger partial charge in [0.1, 0.15) is 5.60 Å². The quantitative estimate of drug-likeness (QED) is 0.398. The average molecular weight is 227 g/mol. The van der Waals surface area contributed by atoms with Crippen LogP contribution in [0.2, 0.25) is 0 Å². The van der Waals surface area contributed by atoms with Crippen molar-refractivity contribution in [1.29, 1.82) is 0 Å². The van der Waals surface area contributed by atoms with Gasteiger partial charge >= 0.3 is 6.09 Å². The first-order chi connectivity index (χ1) is 7.40. The summed E-state index contributed by atoms with van der Waals surface area (Å²) in [6, 6.07) is 0. The third-order valence-electron chi connectivity index (χ3n) is 1.46. The summed E-state index contributed by atoms with van der Waals surface area (Å²) in [5.41, 5.74) is -0.529. The normalized spacial score (nSPS) is 10.7. The Kier molecular flexibility index (Phi) is 6.49. The molecule has 0 heterocycles. The minimum absolute atomic E-state index is 0.298. The van der Waals surface area contributed by atoms with Gasteiger partial charge < -0.3 is 4.74 Å². The van der Waals surface area contributed by atoms with E-state index in [1.807, 2.05) is 0 Å². The van der Waals surface area contributed by atoms with Crippen LogP contribution in [0.3, 0.4) is 0 Å². The van der Waals surface area contributed by atoms with Crippen LogP contribution in [-0.2, 0) is 9.57 Å². The molecule has 16 heavy (non-hydrogen) atoms. The number of hydrogen-bond acceptors (Lipinski definition) is 3. The van der Waals surface area contributed by atoms with Gasteiger partial charge in [-0.3, -0.25) is 4.84 Å². The lowest BCUT2D eigenvalue weighted by molar-refractivity contribution is -0.139. The van der Waals surface area contributed by atoms with Crippen LogP contribution >= 0.6 is 0 Å². The number of hydroxylamine groups is 2. The van der Waals surface area contributed by atoms with Crippen LogP contribution in [0.25, 0.3) is 0 Å². The SMILES string of the molecule is C=CCCON(CC=C)C(=O)OC(C)(C)C. The molecule has 0 aliphatic heterocycles. The lowest BCUT2D eigenvalue weighted by atomic mass is 10.2. The molecule has 0 aromatic carbocycles. The summed E-state index contributed by atoms with van der Waals surface area (Å²) < 4.78 is 5.17. The van der Waals surface area contributed by atoms with Gasteiger partial charge in [-0.1, -0.05) is 12.2 Å². The summed E-state index contributed by atoms with van der Waals surface area (Å²) in [6.07, 6.45) is 3.48. The Hall–Kier alpha value is -1.29. The average Bonchev–Trinajstić information content (AvgIpc) is 2.14. The van der Waals surface area contributed by atoms with Gasteiger partial charge in [0, 0.05) is 0 Å². The number of carbonyl (C=O) groups excluding carboxylic acids is 1. The fraction of sp³-hybridized carbons (Fsp3) is 0.583. The van der Waals surface area contributed by atoms with Crippen LogP contribution in [0.1, 0.15) is 27.2 Å². The molecule has 0 aliphatic carbocycles. The molecule has 0 radical (unpaired) electrons. The van der Waals surface area contributed by atoms with Crippen LogP contribution in [0.4, 0.5) is 4.79 Å². The Morgan fingerprint density at radius 1 is 1.31 bits per heavy atom. The van der Waals surface area contributed by atoms with Crippen LogP contribution < -0.4 is 0 Å². The molecule has 0 aromatic rings. The van der Waals surface area contributed by atoms with Gasteiger partial charge in [-0.05, 0) is 27.2 Å². The number of carbonyl (C=O) groups is 1. The zero-order valence-electron chi connectivity index (χ0n) is 10.4. The fourth-order valence-electron chi connectivity index (χ4n) is 0.856. The van der Waals surface area contributed by atoms with Gasteiger partial charge in [0.2, 0.25) is 0 Å². The molecule has 0 saturated carbocycles. The van der Waals surface area contributed by atoms with Crippen LogP contribution in [-0.4, -0.2) is 29.9 Å². The van der Waals surface area contributed by atoms with Crippen molar-refractivity contribution in [3.8, 4) is 0 Å². The van der Waals surface area contributed by atoms with Gasteiger partial charge in [-0.2, -0.15) is 5.06 Å². The van der Waals surface area contributed by atoms with E-state index in [0.717, 1.165) is 5.06 Å². The van der Waals surface area contributed by atoms with E-state index < -0.39 is 11.7 Å². The molecule has 4 nitrogen and oxygen atoms in total. The number of amides is 1. The second-order valence-electron chi connectivity index (χ2n) is 4.24. The highest BCUT2D eigenvalue weighted by Crippen LogP contribution is 2.10. The van der Waals surface area contributed by atoms with Crippen molar-refractivity contribution in [3.63, 3.8) is 0 Å². The maximum atomic E-state index is 11.6. The summed E-state index contributed by atoms with van der Waals surface area (Å²) >= 11 is 0. The van der Waals surface area contributed by atoms with E-state index >= 15 is 0 Å². The van der Waals surface area contributed by atoms with Crippen molar-refractivity contribution in [2.75, 3.05) is 13.2 Å². The molecule has 4 heteroatoms. The number of hydrogen-bond donors (Lipinski definition) is 0. The molecule has 0 bridgehead atoms. The Bertz CT molecular complexity index is 243. The lowest BCUT2D eigenvalue weighted by Crippen LogP contribution is -2.37. The van der Waals surface area contributed by atoms with Crippen molar-refractivity contribution < 1.29 is 14.4 Å². The molecule has 0 rings (SSSR count). The predicted octanol–water partition coefficient (Wildman–Crippen LogP) is 2.92. The fourth-order valence-corrected chi connectivity index (χ4v) is 0.856. The minimum Gasteiger partial charge on any atom is -0.442 e. The molecule has 1 amide bonds. The highest BCUT2D eigenvalue weighted by atomic mass is 16.7. The molecule has 0 fully saturated rings. The monoisotopic (exact) mass is 227 g/mol. The van der Waals surface area contributed by atoms with Gasteiger partial charge in [0.05, 0.1) is 13.2 Å². The Balaban J connectivity index is 4.22. The number of rotatable bonds is 6. The summed E-state index contributed by atoms with van der Waals surface area (Å²) in [4.78, 5) is 16.9. The topological polar surface area (TPSA) is 38.8 Å². The van der Waals surface area contributed by atoms with E-state index in [2.05, 4.69) is 13.2 Å². The third-order valence-corrected chi connectivity index (χ3v) is 1.46. The van der Waals surface area contributed by atoms with Crippen molar-refractivity contribution in [2.45, 2.75) is 32.8 Å². The molecule has 0 atom stereocenters. The molecule has 0 saturated heterocycles. The molecule has 0 N–H and O–H groups in total. The van der Waals surface area contributed by atoms with Crippen LogP contribution in [0, 0.1) is 0 Å². The van der Waals surface area contributed by atoms with Gasteiger partial charge in [-0.15, -0.1) is 13.2 Å². The Morgan fingerprint density at radius 2 is 1.94 bits per heavy atom. The predicted molar refractivity (Wildman–Crippen MR) is 63.9 cm³/mol. The standard InChI is InChI=1S/C12H21NO3/c1-6-8-10-15-13(9-7-2)11(14)16-12(3,4)5/h6-7H,1-2,8-10H2,3-5H3. The van der Waals surface area contributed by atoms with E-state index in [1.54, 1.807) is 32.9 Å². The Labute approximate surface area is 97.5 Å². The van der Waals surface area contributed by atoms with E-state index in [0.29, 0.717) is 19.6 Å². The second kappa shape index (κ2) is 7.06. The Morgan fingerprint density at radius 3 is 2.38 bits per heavy atom. The number of ether oxygens (including phenoxy) is 1. The molecule has 0 unspecified atom stereocenters. The van der Waals surface area contributed by atoms with E-state index in [1.165, 1.54) is 0 Å². The molecule has 0 spiro atoms. The zero-order valence-corrected chi connectivity index (χ0v) is 10.4. The molecule has 0 aliphatic rings. The summed E-state index contributed by atoms with van der Waals surface area (Å²) in [5.74, 6) is 0. The molecule has 92 valence electrons. The van der Waals surface area contributed by atoms with E-state index in [4.69, 9.17) is 9.57 Å². The summed E-state index contributed by atoms with van der Waals surface area (Å²) in [7, 11) is 0. The van der Waals surface area contributed by atoms with Gasteiger partial charge in [-0.25, -0.2) is 4.79 Å². The van der Waals surface area contributed by atoms with E-state index in [9.17, 15) is 4.79 Å². The molecule has 0 aromatic heterocycles. The first kappa shape index (κ1) is 14.7. The third kappa shape index (κ3) is 7.06. The van der Waals surface area contributed by atoms with Crippen LogP contribution in [0.5, 0.6) is 0 Å². The smallest absolute Gasteiger partial charge is 0.434 e. The van der Waals surface area contributed by atoms with Crippen molar-refractivity contribution in [1.82, 2.24) is 5.06 Å². The maximum absolute atomic E-state index is 11.6. The lowest BCUT2D eigenvalue weighted by Gasteiger charge is -2.25. The van der Waals surface area contributed by atoms with Gasteiger partial charge in [0.25, 0.3) is 0 Å². The van der Waals surface area contributed by atoms with Gasteiger partial charge in [0.15, 0.2) is 0 Å². The maximum Gasteiger partial charge on any atom is 0.434 e. The van der Waals surface area contributed by atoms with Crippen LogP contribution in [0.15, 0.2) is 25.3 Å². The van der Waals surface area contributed by atoms with Crippen molar-refractivity contribution in [2.24, 2.45) is 0 Å². The minimum atomic E-state index is -0.529.